The van der Waals surface area contributed by atoms with E-state index in [4.69, 9.17) is 14.2 Å². The normalized spacial score (nSPS) is 13.5. The molecule has 1 heterocycles. The number of aryl methyl sites for hydroxylation is 1. The SMILES string of the molecule is COc1cc(C(=O)OCC(=O)c2ccc3c(c2)CCCN3S(C)(=O)=O)ccc1OC(C)C. The minimum absolute atomic E-state index is 0.0551. The third-order valence-corrected chi connectivity index (χ3v) is 6.15. The molecule has 0 saturated carbocycles. The smallest absolute Gasteiger partial charge is 0.338 e. The number of fused-ring (bicyclic) bond motifs is 1. The molecule has 32 heavy (non-hydrogen) atoms. The highest BCUT2D eigenvalue weighted by atomic mass is 32.2. The lowest BCUT2D eigenvalue weighted by atomic mass is 9.99. The van der Waals surface area contributed by atoms with Gasteiger partial charge in [0.2, 0.25) is 10.0 Å². The van der Waals surface area contributed by atoms with Gasteiger partial charge in [0.15, 0.2) is 23.9 Å². The Morgan fingerprint density at radius 1 is 1.06 bits per heavy atom. The summed E-state index contributed by atoms with van der Waals surface area (Å²) in [6.45, 7) is 3.75. The molecule has 0 fully saturated rings. The van der Waals surface area contributed by atoms with Gasteiger partial charge in [0.1, 0.15) is 0 Å². The summed E-state index contributed by atoms with van der Waals surface area (Å²) < 4.78 is 41.4. The zero-order valence-electron chi connectivity index (χ0n) is 18.6. The van der Waals surface area contributed by atoms with E-state index in [1.165, 1.54) is 17.5 Å². The Kier molecular flexibility index (Phi) is 7.08. The van der Waals surface area contributed by atoms with E-state index in [2.05, 4.69) is 0 Å². The summed E-state index contributed by atoms with van der Waals surface area (Å²) in [5.41, 5.74) is 1.97. The molecule has 0 spiro atoms. The van der Waals surface area contributed by atoms with Gasteiger partial charge in [-0.05, 0) is 68.7 Å². The summed E-state index contributed by atoms with van der Waals surface area (Å²) in [4.78, 5) is 25.0. The van der Waals surface area contributed by atoms with Gasteiger partial charge < -0.3 is 14.2 Å². The Hall–Kier alpha value is -3.07. The number of methoxy groups -OCH3 is 1. The van der Waals surface area contributed by atoms with E-state index in [-0.39, 0.29) is 17.5 Å². The van der Waals surface area contributed by atoms with Crippen LogP contribution in [0.5, 0.6) is 11.5 Å². The maximum absolute atomic E-state index is 12.6. The van der Waals surface area contributed by atoms with Crippen molar-refractivity contribution in [2.24, 2.45) is 0 Å². The Morgan fingerprint density at radius 3 is 2.44 bits per heavy atom. The van der Waals surface area contributed by atoms with Crippen LogP contribution < -0.4 is 13.8 Å². The molecule has 1 aliphatic rings. The van der Waals surface area contributed by atoms with Crippen LogP contribution in [-0.2, 0) is 21.2 Å². The van der Waals surface area contributed by atoms with E-state index in [0.29, 0.717) is 42.1 Å². The molecular formula is C23H27NO7S. The van der Waals surface area contributed by atoms with Crippen molar-refractivity contribution in [3.05, 3.63) is 53.1 Å². The molecule has 8 nitrogen and oxygen atoms in total. The minimum atomic E-state index is -3.38. The molecule has 1 aliphatic heterocycles. The van der Waals surface area contributed by atoms with Crippen LogP contribution in [0.4, 0.5) is 5.69 Å². The summed E-state index contributed by atoms with van der Waals surface area (Å²) in [5, 5.41) is 0. The summed E-state index contributed by atoms with van der Waals surface area (Å²) in [6.07, 6.45) is 2.45. The lowest BCUT2D eigenvalue weighted by Gasteiger charge is -2.29. The molecule has 0 aromatic heterocycles. The number of nitrogens with zero attached hydrogens (tertiary/aromatic N) is 1. The van der Waals surface area contributed by atoms with Gasteiger partial charge in [-0.2, -0.15) is 0 Å². The van der Waals surface area contributed by atoms with E-state index in [1.807, 2.05) is 13.8 Å². The van der Waals surface area contributed by atoms with Crippen molar-refractivity contribution in [3.63, 3.8) is 0 Å². The fourth-order valence-electron chi connectivity index (χ4n) is 3.52. The van der Waals surface area contributed by atoms with Gasteiger partial charge in [0.25, 0.3) is 0 Å². The standard InChI is InChI=1S/C23H27NO7S/c1-15(2)31-21-10-8-18(13-22(21)29-3)23(26)30-14-20(25)17-7-9-19-16(12-17)6-5-11-24(19)32(4,27)28/h7-10,12-13,15H,5-6,11,14H2,1-4H3. The lowest BCUT2D eigenvalue weighted by molar-refractivity contribution is 0.0474. The Morgan fingerprint density at radius 2 is 1.78 bits per heavy atom. The molecule has 0 N–H and O–H groups in total. The number of esters is 1. The molecule has 0 radical (unpaired) electrons. The molecular weight excluding hydrogens is 434 g/mol. The van der Waals surface area contributed by atoms with Crippen LogP contribution in [0.15, 0.2) is 36.4 Å². The third-order valence-electron chi connectivity index (χ3n) is 4.97. The minimum Gasteiger partial charge on any atom is -0.493 e. The van der Waals surface area contributed by atoms with Crippen LogP contribution in [0.1, 0.15) is 46.5 Å². The topological polar surface area (TPSA) is 99.2 Å². The van der Waals surface area contributed by atoms with Gasteiger partial charge in [-0.3, -0.25) is 9.10 Å². The van der Waals surface area contributed by atoms with Crippen LogP contribution in [0.3, 0.4) is 0 Å². The van der Waals surface area contributed by atoms with E-state index in [0.717, 1.165) is 11.8 Å². The Labute approximate surface area is 188 Å². The molecule has 9 heteroatoms. The molecule has 0 saturated heterocycles. The maximum Gasteiger partial charge on any atom is 0.338 e. The van der Waals surface area contributed by atoms with E-state index < -0.39 is 22.6 Å². The molecule has 0 atom stereocenters. The average Bonchev–Trinajstić information content (AvgIpc) is 2.75. The first-order valence-electron chi connectivity index (χ1n) is 10.3. The predicted molar refractivity (Wildman–Crippen MR) is 120 cm³/mol. The molecule has 0 aliphatic carbocycles. The summed E-state index contributed by atoms with van der Waals surface area (Å²) in [6, 6.07) is 9.52. The van der Waals surface area contributed by atoms with Gasteiger partial charge in [-0.1, -0.05) is 0 Å². The van der Waals surface area contributed by atoms with Crippen molar-refractivity contribution >= 4 is 27.5 Å². The van der Waals surface area contributed by atoms with Gasteiger partial charge in [-0.25, -0.2) is 13.2 Å². The third kappa shape index (κ3) is 5.40. The van der Waals surface area contributed by atoms with Crippen LogP contribution >= 0.6 is 0 Å². The highest BCUT2D eigenvalue weighted by Gasteiger charge is 2.25. The molecule has 0 bridgehead atoms. The largest absolute Gasteiger partial charge is 0.493 e. The monoisotopic (exact) mass is 461 g/mol. The van der Waals surface area contributed by atoms with Crippen molar-refractivity contribution in [1.82, 2.24) is 0 Å². The van der Waals surface area contributed by atoms with Gasteiger partial charge in [0.05, 0.1) is 30.7 Å². The van der Waals surface area contributed by atoms with Crippen LogP contribution in [0, 0.1) is 0 Å². The second-order valence-electron chi connectivity index (χ2n) is 7.81. The number of benzene rings is 2. The predicted octanol–water partition coefficient (Wildman–Crippen LogP) is 3.23. The van der Waals surface area contributed by atoms with E-state index in [1.54, 1.807) is 30.3 Å². The second kappa shape index (κ2) is 9.60. The quantitative estimate of drug-likeness (QED) is 0.440. The fourth-order valence-corrected chi connectivity index (χ4v) is 4.52. The molecule has 2 aromatic carbocycles. The van der Waals surface area contributed by atoms with Crippen molar-refractivity contribution in [2.75, 3.05) is 30.8 Å². The first-order chi connectivity index (χ1) is 15.1. The molecule has 3 rings (SSSR count). The number of rotatable bonds is 8. The number of Topliss-reactive ketones (excluding diaryl/α,β-unsaturated/α-hetero) is 1. The van der Waals surface area contributed by atoms with Gasteiger partial charge >= 0.3 is 5.97 Å². The van der Waals surface area contributed by atoms with Crippen molar-refractivity contribution in [3.8, 4) is 11.5 Å². The molecule has 0 unspecified atom stereocenters. The molecule has 0 amide bonds. The average molecular weight is 462 g/mol. The van der Waals surface area contributed by atoms with E-state index >= 15 is 0 Å². The van der Waals surface area contributed by atoms with Crippen LogP contribution in [-0.4, -0.2) is 52.8 Å². The number of carbonyl (C=O) groups is 2. The highest BCUT2D eigenvalue weighted by Crippen LogP contribution is 2.31. The van der Waals surface area contributed by atoms with E-state index in [9.17, 15) is 18.0 Å². The fraction of sp³-hybridized carbons (Fsp3) is 0.391. The number of hydrogen-bond donors (Lipinski definition) is 0. The van der Waals surface area contributed by atoms with Crippen molar-refractivity contribution in [2.45, 2.75) is 32.8 Å². The van der Waals surface area contributed by atoms with Crippen molar-refractivity contribution in [1.29, 1.82) is 0 Å². The highest BCUT2D eigenvalue weighted by molar-refractivity contribution is 7.92. The van der Waals surface area contributed by atoms with Crippen molar-refractivity contribution < 1.29 is 32.2 Å². The van der Waals surface area contributed by atoms with Gasteiger partial charge in [-0.15, -0.1) is 0 Å². The number of ether oxygens (including phenoxy) is 3. The number of sulfonamides is 1. The summed E-state index contributed by atoms with van der Waals surface area (Å²) >= 11 is 0. The first-order valence-corrected chi connectivity index (χ1v) is 12.1. The zero-order valence-corrected chi connectivity index (χ0v) is 19.4. The Bertz CT molecular complexity index is 1130. The number of anilines is 1. The molecule has 2 aromatic rings. The summed E-state index contributed by atoms with van der Waals surface area (Å²) in [7, 11) is -1.91. The maximum atomic E-state index is 12.6. The number of hydrogen-bond acceptors (Lipinski definition) is 7. The summed E-state index contributed by atoms with van der Waals surface area (Å²) in [5.74, 6) is -0.129. The zero-order chi connectivity index (χ0) is 23.5. The second-order valence-corrected chi connectivity index (χ2v) is 9.72. The number of carbonyl (C=O) groups excluding carboxylic acids is 2. The lowest BCUT2D eigenvalue weighted by Crippen LogP contribution is -2.34. The molecule has 172 valence electrons. The van der Waals surface area contributed by atoms with Gasteiger partial charge in [0, 0.05) is 12.1 Å². The number of ketones is 1. The van der Waals surface area contributed by atoms with Crippen LogP contribution in [0.2, 0.25) is 0 Å². The Balaban J connectivity index is 1.69. The van der Waals surface area contributed by atoms with Crippen LogP contribution in [0.25, 0.3) is 0 Å². The first kappa shape index (κ1) is 23.6.